The van der Waals surface area contributed by atoms with Crippen molar-refractivity contribution in [3.8, 4) is 0 Å². The van der Waals surface area contributed by atoms with Crippen LogP contribution in [-0.4, -0.2) is 42.6 Å². The summed E-state index contributed by atoms with van der Waals surface area (Å²) in [5.74, 6) is -1.42. The summed E-state index contributed by atoms with van der Waals surface area (Å²) in [4.78, 5) is 35.6. The van der Waals surface area contributed by atoms with Gasteiger partial charge < -0.3 is 24.7 Å². The Morgan fingerprint density at radius 3 is 2.08 bits per heavy atom. The van der Waals surface area contributed by atoms with Crippen LogP contribution in [0.1, 0.15) is 61.3 Å². The highest BCUT2D eigenvalue weighted by molar-refractivity contribution is 5.78. The monoisotopic (exact) mass is 375 g/mol. The number of nitrogens with two attached hydrogens (primary N) is 1. The lowest BCUT2D eigenvalue weighted by atomic mass is 9.88. The molecule has 0 aliphatic rings. The second-order valence-corrected chi connectivity index (χ2v) is 7.51. The van der Waals surface area contributed by atoms with Crippen molar-refractivity contribution in [1.82, 2.24) is 0 Å². The third kappa shape index (κ3) is 10.9. The second-order valence-electron chi connectivity index (χ2n) is 7.51. The zero-order valence-electron chi connectivity index (χ0n) is 16.9. The van der Waals surface area contributed by atoms with Crippen molar-refractivity contribution in [3.63, 3.8) is 0 Å². The summed E-state index contributed by atoms with van der Waals surface area (Å²) in [5, 5.41) is 0. The van der Waals surface area contributed by atoms with Crippen LogP contribution in [-0.2, 0) is 28.5 Å². The van der Waals surface area contributed by atoms with E-state index in [-0.39, 0.29) is 18.9 Å². The molecule has 0 radical (unpaired) electrons. The molecule has 0 amide bonds. The molecule has 0 aromatic carbocycles. The lowest BCUT2D eigenvalue weighted by Crippen LogP contribution is -2.44. The van der Waals surface area contributed by atoms with Crippen molar-refractivity contribution in [1.29, 1.82) is 0 Å². The van der Waals surface area contributed by atoms with Gasteiger partial charge in [-0.1, -0.05) is 13.8 Å². The van der Waals surface area contributed by atoms with E-state index >= 15 is 0 Å². The summed E-state index contributed by atoms with van der Waals surface area (Å²) in [6.07, 6.45) is -1.56. The van der Waals surface area contributed by atoms with Crippen molar-refractivity contribution >= 4 is 18.1 Å². The Bertz CT molecular complexity index is 471. The third-order valence-corrected chi connectivity index (χ3v) is 3.21. The van der Waals surface area contributed by atoms with Crippen molar-refractivity contribution in [2.45, 2.75) is 79.2 Å². The molecular formula is C18H33NO7. The molecule has 26 heavy (non-hydrogen) atoms. The summed E-state index contributed by atoms with van der Waals surface area (Å²) in [6.45, 7) is 12.4. The first-order valence-electron chi connectivity index (χ1n) is 8.87. The van der Waals surface area contributed by atoms with Crippen LogP contribution in [0.2, 0.25) is 0 Å². The zero-order chi connectivity index (χ0) is 20.5. The van der Waals surface area contributed by atoms with Crippen LogP contribution in [0.15, 0.2) is 0 Å². The van der Waals surface area contributed by atoms with Gasteiger partial charge in [0.05, 0.1) is 13.0 Å². The van der Waals surface area contributed by atoms with Gasteiger partial charge in [-0.05, 0) is 46.0 Å². The highest BCUT2D eigenvalue weighted by atomic mass is 16.8. The molecule has 0 saturated carbocycles. The predicted octanol–water partition coefficient (Wildman–Crippen LogP) is 2.77. The molecule has 8 heteroatoms. The Labute approximate surface area is 155 Å². The Morgan fingerprint density at radius 2 is 1.62 bits per heavy atom. The van der Waals surface area contributed by atoms with E-state index in [0.717, 1.165) is 0 Å². The highest BCUT2D eigenvalue weighted by Crippen LogP contribution is 2.22. The van der Waals surface area contributed by atoms with E-state index in [1.165, 1.54) is 6.92 Å². The predicted molar refractivity (Wildman–Crippen MR) is 95.0 cm³/mol. The summed E-state index contributed by atoms with van der Waals surface area (Å²) < 4.78 is 19.7. The molecule has 0 aliphatic heterocycles. The van der Waals surface area contributed by atoms with Gasteiger partial charge in [0.2, 0.25) is 6.29 Å². The fourth-order valence-corrected chi connectivity index (χ4v) is 2.28. The smallest absolute Gasteiger partial charge is 0.459 e. The van der Waals surface area contributed by atoms with Crippen LogP contribution >= 0.6 is 0 Å². The quantitative estimate of drug-likeness (QED) is 0.372. The van der Waals surface area contributed by atoms with Crippen LogP contribution in [0, 0.1) is 11.8 Å². The van der Waals surface area contributed by atoms with Crippen molar-refractivity contribution in [2.24, 2.45) is 17.6 Å². The number of esters is 2. The van der Waals surface area contributed by atoms with E-state index in [9.17, 15) is 14.4 Å². The number of rotatable bonds is 9. The summed E-state index contributed by atoms with van der Waals surface area (Å²) in [6, 6.07) is -0.953. The molecule has 3 unspecified atom stereocenters. The standard InChI is InChI=1S/C18H33NO7/c1-8-23-17(22)25-12(4)24-14(20)10-13(9-11(2)3)15(19)16(21)26-18(5,6)7/h11-13,15H,8-10,19H2,1-7H3. The van der Waals surface area contributed by atoms with Gasteiger partial charge in [0, 0.05) is 6.92 Å². The first-order valence-corrected chi connectivity index (χ1v) is 8.87. The second kappa shape index (κ2) is 11.0. The molecule has 152 valence electrons. The minimum atomic E-state index is -1.10. The van der Waals surface area contributed by atoms with Crippen LogP contribution < -0.4 is 5.73 Å². The minimum absolute atomic E-state index is 0.0882. The minimum Gasteiger partial charge on any atom is -0.459 e. The Morgan fingerprint density at radius 1 is 1.04 bits per heavy atom. The average Bonchev–Trinajstić information content (AvgIpc) is 2.43. The van der Waals surface area contributed by atoms with E-state index < -0.39 is 41.9 Å². The molecule has 0 aromatic rings. The van der Waals surface area contributed by atoms with E-state index in [2.05, 4.69) is 4.74 Å². The van der Waals surface area contributed by atoms with Gasteiger partial charge in [0.15, 0.2) is 0 Å². The number of carbonyl (C=O) groups excluding carboxylic acids is 3. The van der Waals surface area contributed by atoms with Crippen LogP contribution in [0.4, 0.5) is 4.79 Å². The van der Waals surface area contributed by atoms with Gasteiger partial charge in [-0.15, -0.1) is 0 Å². The summed E-state index contributed by atoms with van der Waals surface area (Å²) >= 11 is 0. The lowest BCUT2D eigenvalue weighted by Gasteiger charge is -2.27. The summed E-state index contributed by atoms with van der Waals surface area (Å²) in [7, 11) is 0. The number of hydrogen-bond donors (Lipinski definition) is 1. The Hall–Kier alpha value is -1.83. The van der Waals surface area contributed by atoms with Gasteiger partial charge in [0.1, 0.15) is 11.6 Å². The van der Waals surface area contributed by atoms with E-state index in [0.29, 0.717) is 6.42 Å². The molecule has 2 N–H and O–H groups in total. The topological polar surface area (TPSA) is 114 Å². The maximum Gasteiger partial charge on any atom is 0.511 e. The maximum atomic E-state index is 12.2. The number of hydrogen-bond acceptors (Lipinski definition) is 8. The van der Waals surface area contributed by atoms with Gasteiger partial charge >= 0.3 is 18.1 Å². The molecule has 0 heterocycles. The zero-order valence-corrected chi connectivity index (χ0v) is 16.9. The first-order chi connectivity index (χ1) is 11.9. The molecule has 0 aromatic heterocycles. The Kier molecular flexibility index (Phi) is 10.2. The fourth-order valence-electron chi connectivity index (χ4n) is 2.28. The molecule has 0 saturated heterocycles. The van der Waals surface area contributed by atoms with Gasteiger partial charge in [-0.3, -0.25) is 9.59 Å². The van der Waals surface area contributed by atoms with Crippen molar-refractivity contribution < 1.29 is 33.3 Å². The molecule has 0 fully saturated rings. The highest BCUT2D eigenvalue weighted by Gasteiger charge is 2.32. The lowest BCUT2D eigenvalue weighted by molar-refractivity contribution is -0.169. The molecule has 0 bridgehead atoms. The van der Waals surface area contributed by atoms with E-state index in [4.69, 9.17) is 19.9 Å². The normalized spacial score (nSPS) is 15.0. The van der Waals surface area contributed by atoms with Gasteiger partial charge in [0.25, 0.3) is 0 Å². The molecule has 0 rings (SSSR count). The third-order valence-electron chi connectivity index (χ3n) is 3.21. The summed E-state index contributed by atoms with van der Waals surface area (Å²) in [5.41, 5.74) is 5.36. The van der Waals surface area contributed by atoms with Crippen LogP contribution in [0.25, 0.3) is 0 Å². The van der Waals surface area contributed by atoms with Crippen LogP contribution in [0.3, 0.4) is 0 Å². The van der Waals surface area contributed by atoms with Crippen LogP contribution in [0.5, 0.6) is 0 Å². The van der Waals surface area contributed by atoms with Crippen molar-refractivity contribution in [3.05, 3.63) is 0 Å². The molecule has 0 spiro atoms. The van der Waals surface area contributed by atoms with E-state index in [1.807, 2.05) is 13.8 Å². The van der Waals surface area contributed by atoms with E-state index in [1.54, 1.807) is 27.7 Å². The maximum absolute atomic E-state index is 12.2. The molecule has 3 atom stereocenters. The average molecular weight is 375 g/mol. The van der Waals surface area contributed by atoms with Crippen molar-refractivity contribution in [2.75, 3.05) is 6.61 Å². The number of ether oxygens (including phenoxy) is 4. The SMILES string of the molecule is CCOC(=O)OC(C)OC(=O)CC(CC(C)C)C(N)C(=O)OC(C)(C)C. The largest absolute Gasteiger partial charge is 0.511 e. The fraction of sp³-hybridized carbons (Fsp3) is 0.833. The first kappa shape index (κ1) is 24.2. The Balaban J connectivity index is 4.81. The molecule has 8 nitrogen and oxygen atoms in total. The number of carbonyl (C=O) groups is 3. The van der Waals surface area contributed by atoms with Gasteiger partial charge in [-0.2, -0.15) is 0 Å². The molecule has 0 aliphatic carbocycles. The molecular weight excluding hydrogens is 342 g/mol. The van der Waals surface area contributed by atoms with Gasteiger partial charge in [-0.25, -0.2) is 4.79 Å².